The van der Waals surface area contributed by atoms with Crippen LogP contribution >= 0.6 is 0 Å². The van der Waals surface area contributed by atoms with Crippen molar-refractivity contribution in [3.63, 3.8) is 0 Å². The summed E-state index contributed by atoms with van der Waals surface area (Å²) < 4.78 is 0. The van der Waals surface area contributed by atoms with Gasteiger partial charge in [0, 0.05) is 73.3 Å². The predicted molar refractivity (Wildman–Crippen MR) is 157 cm³/mol. The highest BCUT2D eigenvalue weighted by atomic mass is 16.2. The zero-order valence-corrected chi connectivity index (χ0v) is 24.7. The number of rotatable bonds is 8. The van der Waals surface area contributed by atoms with Crippen LogP contribution in [0.3, 0.4) is 0 Å². The Kier molecular flexibility index (Phi) is 7.83. The maximum Gasteiger partial charge on any atom is 0.225 e. The molecule has 4 heterocycles. The van der Waals surface area contributed by atoms with Gasteiger partial charge in [0.2, 0.25) is 11.8 Å². The van der Waals surface area contributed by atoms with E-state index in [4.69, 9.17) is 0 Å². The van der Waals surface area contributed by atoms with Crippen LogP contribution in [0.4, 0.5) is 11.6 Å². The number of carbonyl (C=O) groups is 2. The van der Waals surface area contributed by atoms with E-state index in [0.29, 0.717) is 23.8 Å². The summed E-state index contributed by atoms with van der Waals surface area (Å²) >= 11 is 0. The van der Waals surface area contributed by atoms with E-state index >= 15 is 0 Å². The van der Waals surface area contributed by atoms with Gasteiger partial charge in [0.25, 0.3) is 0 Å². The molecule has 2 saturated heterocycles. The van der Waals surface area contributed by atoms with Gasteiger partial charge in [0.15, 0.2) is 0 Å². The first-order valence-electron chi connectivity index (χ1n) is 15.5. The number of aromatic nitrogens is 4. The molecular formula is C31H44N8O2. The average molecular weight is 561 g/mol. The van der Waals surface area contributed by atoms with E-state index < -0.39 is 0 Å². The fraction of sp³-hybridized carbons (Fsp3) is 0.677. The van der Waals surface area contributed by atoms with Crippen molar-refractivity contribution in [3.8, 4) is 0 Å². The molecule has 0 bridgehead atoms. The molecular weight excluding hydrogens is 516 g/mol. The van der Waals surface area contributed by atoms with Crippen LogP contribution in [0, 0.1) is 17.8 Å². The predicted octanol–water partition coefficient (Wildman–Crippen LogP) is 3.66. The molecule has 2 amide bonds. The molecule has 2 saturated carbocycles. The molecule has 10 nitrogen and oxygen atoms in total. The van der Waals surface area contributed by atoms with Gasteiger partial charge in [0.1, 0.15) is 24.3 Å². The lowest BCUT2D eigenvalue weighted by molar-refractivity contribution is -0.142. The second kappa shape index (κ2) is 11.5. The molecule has 2 aromatic heterocycles. The number of nitrogens with zero attached hydrogens (tertiary/aromatic N) is 6. The minimum Gasteiger partial charge on any atom is -0.367 e. The van der Waals surface area contributed by atoms with Crippen molar-refractivity contribution < 1.29 is 9.59 Å². The van der Waals surface area contributed by atoms with Gasteiger partial charge in [-0.25, -0.2) is 19.9 Å². The van der Waals surface area contributed by atoms with E-state index in [1.807, 2.05) is 11.0 Å². The first-order chi connectivity index (χ1) is 19.7. The third kappa shape index (κ3) is 6.46. The van der Waals surface area contributed by atoms with Crippen molar-refractivity contribution in [2.24, 2.45) is 17.8 Å². The molecule has 41 heavy (non-hydrogen) atoms. The minimum absolute atomic E-state index is 0.0217. The number of hydrogen-bond acceptors (Lipinski definition) is 8. The Hall–Kier alpha value is -3.30. The highest BCUT2D eigenvalue weighted by Crippen LogP contribution is 2.35. The summed E-state index contributed by atoms with van der Waals surface area (Å²) in [6.45, 7) is 9.94. The Balaban J connectivity index is 0.907. The summed E-state index contributed by atoms with van der Waals surface area (Å²) in [6, 6.07) is 4.69. The van der Waals surface area contributed by atoms with Crippen LogP contribution in [-0.4, -0.2) is 79.8 Å². The lowest BCUT2D eigenvalue weighted by Gasteiger charge is -2.41. The lowest BCUT2D eigenvalue weighted by atomic mass is 9.78. The van der Waals surface area contributed by atoms with E-state index in [2.05, 4.69) is 62.3 Å². The molecule has 4 fully saturated rings. The summed E-state index contributed by atoms with van der Waals surface area (Å²) in [5, 5.41) is 7.00. The number of carbonyl (C=O) groups excluding carboxylic acids is 2. The normalized spacial score (nSPS) is 26.4. The number of amides is 2. The zero-order valence-electron chi connectivity index (χ0n) is 24.7. The van der Waals surface area contributed by atoms with Crippen LogP contribution in [0.1, 0.15) is 77.1 Å². The van der Waals surface area contributed by atoms with Crippen LogP contribution in [-0.2, 0) is 21.4 Å². The van der Waals surface area contributed by atoms with Crippen molar-refractivity contribution in [2.75, 3.05) is 36.8 Å². The first-order valence-corrected chi connectivity index (χ1v) is 15.5. The quantitative estimate of drug-likeness (QED) is 0.503. The van der Waals surface area contributed by atoms with Gasteiger partial charge in [0.05, 0.1) is 5.69 Å². The smallest absolute Gasteiger partial charge is 0.225 e. The number of likely N-dealkylation sites (tertiary alicyclic amines) is 2. The fourth-order valence-corrected chi connectivity index (χ4v) is 6.43. The molecule has 10 heteroatoms. The molecule has 2 aliphatic carbocycles. The Bertz CT molecular complexity index is 1240. The highest BCUT2D eigenvalue weighted by molar-refractivity contribution is 5.81. The molecule has 0 unspecified atom stereocenters. The van der Waals surface area contributed by atoms with E-state index in [9.17, 15) is 9.59 Å². The van der Waals surface area contributed by atoms with Gasteiger partial charge in [-0.05, 0) is 57.3 Å². The minimum atomic E-state index is -0.0217. The molecule has 220 valence electrons. The SMILES string of the molecule is CC(C)(C)c1cc(NC2CC(C(=O)N3CCC(Cc4cc(NC5CC(C(=O)N6CCC6)C5)ncn4)CC3)C2)ncn1. The second-order valence-corrected chi connectivity index (χ2v) is 13.6. The van der Waals surface area contributed by atoms with Gasteiger partial charge in [-0.2, -0.15) is 0 Å². The van der Waals surface area contributed by atoms with Crippen molar-refractivity contribution >= 4 is 23.5 Å². The number of hydrogen-bond donors (Lipinski definition) is 2. The van der Waals surface area contributed by atoms with Gasteiger partial charge in [-0.3, -0.25) is 9.59 Å². The number of piperidine rings is 1. The molecule has 0 spiro atoms. The standard InChI is InChI=1S/C31H44N8O2/c1-31(2,3)26-17-28(35-19-33-26)37-25-14-22(15-25)30(41)39-9-5-20(6-10-39)11-23-16-27(34-18-32-23)36-24-12-21(13-24)29(40)38-7-4-8-38/h16-22,24-25H,4-15H2,1-3H3,(H,32,34,36)(H,33,35,37). The topological polar surface area (TPSA) is 116 Å². The summed E-state index contributed by atoms with van der Waals surface area (Å²) in [5.41, 5.74) is 2.04. The largest absolute Gasteiger partial charge is 0.367 e. The van der Waals surface area contributed by atoms with Gasteiger partial charge in [-0.15, -0.1) is 0 Å². The van der Waals surface area contributed by atoms with Gasteiger partial charge < -0.3 is 20.4 Å². The monoisotopic (exact) mass is 560 g/mol. The fourth-order valence-electron chi connectivity index (χ4n) is 6.43. The van der Waals surface area contributed by atoms with Crippen LogP contribution in [0.15, 0.2) is 24.8 Å². The van der Waals surface area contributed by atoms with Crippen LogP contribution in [0.5, 0.6) is 0 Å². The maximum absolute atomic E-state index is 13.2. The summed E-state index contributed by atoms with van der Waals surface area (Å²) in [6.07, 6.45) is 10.8. The zero-order chi connectivity index (χ0) is 28.6. The first kappa shape index (κ1) is 27.8. The van der Waals surface area contributed by atoms with E-state index in [-0.39, 0.29) is 23.3 Å². The third-order valence-corrected chi connectivity index (χ3v) is 9.43. The van der Waals surface area contributed by atoms with Gasteiger partial charge >= 0.3 is 0 Å². The second-order valence-electron chi connectivity index (χ2n) is 13.6. The Morgan fingerprint density at radius 2 is 1.32 bits per heavy atom. The number of anilines is 2. The van der Waals surface area contributed by atoms with Crippen LogP contribution < -0.4 is 10.6 Å². The number of nitrogens with one attached hydrogen (secondary N) is 2. The molecule has 0 atom stereocenters. The van der Waals surface area contributed by atoms with Crippen molar-refractivity contribution in [1.29, 1.82) is 0 Å². The summed E-state index contributed by atoms with van der Waals surface area (Å²) in [4.78, 5) is 47.3. The lowest BCUT2D eigenvalue weighted by Crippen LogP contribution is -2.50. The molecule has 4 aliphatic rings. The van der Waals surface area contributed by atoms with Crippen molar-refractivity contribution in [3.05, 3.63) is 36.2 Å². The van der Waals surface area contributed by atoms with E-state index in [1.54, 1.807) is 12.7 Å². The molecule has 2 N–H and O–H groups in total. The highest BCUT2D eigenvalue weighted by Gasteiger charge is 2.39. The van der Waals surface area contributed by atoms with Crippen molar-refractivity contribution in [1.82, 2.24) is 29.7 Å². The Labute approximate surface area is 243 Å². The molecule has 0 aromatic carbocycles. The third-order valence-electron chi connectivity index (χ3n) is 9.43. The average Bonchev–Trinajstić information content (AvgIpc) is 2.87. The molecule has 0 radical (unpaired) electrons. The van der Waals surface area contributed by atoms with E-state index in [1.165, 1.54) is 0 Å². The molecule has 6 rings (SSSR count). The van der Waals surface area contributed by atoms with Crippen LogP contribution in [0.2, 0.25) is 0 Å². The summed E-state index contributed by atoms with van der Waals surface area (Å²) in [7, 11) is 0. The maximum atomic E-state index is 13.2. The molecule has 2 aliphatic heterocycles. The summed E-state index contributed by atoms with van der Waals surface area (Å²) in [5.74, 6) is 3.13. The molecule has 2 aromatic rings. The Morgan fingerprint density at radius 1 is 0.780 bits per heavy atom. The van der Waals surface area contributed by atoms with Crippen molar-refractivity contribution in [2.45, 2.75) is 89.6 Å². The van der Waals surface area contributed by atoms with Gasteiger partial charge in [-0.1, -0.05) is 20.8 Å². The Morgan fingerprint density at radius 3 is 1.85 bits per heavy atom. The van der Waals surface area contributed by atoms with E-state index in [0.717, 1.165) is 101 Å². The van der Waals surface area contributed by atoms with Crippen LogP contribution in [0.25, 0.3) is 0 Å².